The van der Waals surface area contributed by atoms with Crippen LogP contribution in [0.25, 0.3) is 0 Å². The highest BCUT2D eigenvalue weighted by molar-refractivity contribution is 6.35. The lowest BCUT2D eigenvalue weighted by molar-refractivity contribution is -0.156. The number of nitrogens with zero attached hydrogens (tertiary/aromatic N) is 2. The zero-order valence-electron chi connectivity index (χ0n) is 12.9. The summed E-state index contributed by atoms with van der Waals surface area (Å²) in [5.74, 6) is -1.29. The SMILES string of the molecule is CCN1CCN(CC(=O)NC2CCC(N)CC2)C(=O)C1=O.Cl. The molecule has 3 N–H and O–H groups in total. The Morgan fingerprint density at radius 3 is 2.27 bits per heavy atom. The monoisotopic (exact) mass is 332 g/mol. The highest BCUT2D eigenvalue weighted by atomic mass is 35.5. The van der Waals surface area contributed by atoms with Crippen LogP contribution in [0.4, 0.5) is 0 Å². The second-order valence-corrected chi connectivity index (χ2v) is 5.79. The van der Waals surface area contributed by atoms with E-state index in [0.717, 1.165) is 25.7 Å². The maximum absolute atomic E-state index is 12.0. The lowest BCUT2D eigenvalue weighted by atomic mass is 9.92. The quantitative estimate of drug-likeness (QED) is 0.677. The van der Waals surface area contributed by atoms with Crippen LogP contribution in [0.5, 0.6) is 0 Å². The molecule has 22 heavy (non-hydrogen) atoms. The van der Waals surface area contributed by atoms with Crippen molar-refractivity contribution in [1.29, 1.82) is 0 Å². The first-order valence-electron chi connectivity index (χ1n) is 7.64. The van der Waals surface area contributed by atoms with Crippen molar-refractivity contribution in [3.8, 4) is 0 Å². The molecule has 2 fully saturated rings. The van der Waals surface area contributed by atoms with Gasteiger partial charge in [-0.05, 0) is 32.6 Å². The van der Waals surface area contributed by atoms with Gasteiger partial charge in [-0.1, -0.05) is 0 Å². The van der Waals surface area contributed by atoms with Crippen molar-refractivity contribution in [2.45, 2.75) is 44.7 Å². The van der Waals surface area contributed by atoms with Gasteiger partial charge in [-0.25, -0.2) is 0 Å². The second kappa shape index (κ2) is 8.33. The third kappa shape index (κ3) is 4.58. The van der Waals surface area contributed by atoms with Crippen LogP contribution in [-0.4, -0.2) is 65.8 Å². The van der Waals surface area contributed by atoms with Gasteiger partial charge in [0.15, 0.2) is 0 Å². The Labute approximate surface area is 137 Å². The fourth-order valence-electron chi connectivity index (χ4n) is 2.88. The average Bonchev–Trinajstić information content (AvgIpc) is 2.47. The number of piperazine rings is 1. The number of halogens is 1. The lowest BCUT2D eigenvalue weighted by Crippen LogP contribution is -2.56. The molecule has 1 saturated carbocycles. The van der Waals surface area contributed by atoms with E-state index in [9.17, 15) is 14.4 Å². The molecule has 3 amide bonds. The first kappa shape index (κ1) is 18.7. The molecule has 1 aliphatic carbocycles. The van der Waals surface area contributed by atoms with Crippen molar-refractivity contribution in [2.24, 2.45) is 5.73 Å². The number of carbonyl (C=O) groups excluding carboxylic acids is 3. The predicted octanol–water partition coefficient (Wildman–Crippen LogP) is -0.515. The third-order valence-corrected chi connectivity index (χ3v) is 4.25. The molecule has 0 aromatic rings. The van der Waals surface area contributed by atoms with E-state index in [2.05, 4.69) is 5.32 Å². The molecule has 0 atom stereocenters. The molecule has 1 saturated heterocycles. The number of nitrogens with one attached hydrogen (secondary N) is 1. The van der Waals surface area contributed by atoms with E-state index in [1.54, 1.807) is 0 Å². The summed E-state index contributed by atoms with van der Waals surface area (Å²) < 4.78 is 0. The van der Waals surface area contributed by atoms with E-state index in [1.807, 2.05) is 6.92 Å². The predicted molar refractivity (Wildman–Crippen MR) is 84.5 cm³/mol. The first-order valence-corrected chi connectivity index (χ1v) is 7.64. The maximum atomic E-state index is 12.0. The summed E-state index contributed by atoms with van der Waals surface area (Å²) in [6.07, 6.45) is 3.59. The van der Waals surface area contributed by atoms with Crippen molar-refractivity contribution in [3.63, 3.8) is 0 Å². The van der Waals surface area contributed by atoms with E-state index in [-0.39, 0.29) is 36.9 Å². The molecule has 0 aromatic carbocycles. The van der Waals surface area contributed by atoms with Crippen LogP contribution in [-0.2, 0) is 14.4 Å². The average molecular weight is 333 g/mol. The molecule has 0 radical (unpaired) electrons. The first-order chi connectivity index (χ1) is 10.0. The van der Waals surface area contributed by atoms with Crippen molar-refractivity contribution >= 4 is 30.1 Å². The summed E-state index contributed by atoms with van der Waals surface area (Å²) in [7, 11) is 0. The fourth-order valence-corrected chi connectivity index (χ4v) is 2.88. The maximum Gasteiger partial charge on any atom is 0.312 e. The fraction of sp³-hybridized carbons (Fsp3) is 0.786. The van der Waals surface area contributed by atoms with Crippen molar-refractivity contribution in [3.05, 3.63) is 0 Å². The van der Waals surface area contributed by atoms with E-state index in [4.69, 9.17) is 5.73 Å². The van der Waals surface area contributed by atoms with Gasteiger partial charge in [0, 0.05) is 31.7 Å². The third-order valence-electron chi connectivity index (χ3n) is 4.25. The summed E-state index contributed by atoms with van der Waals surface area (Å²) in [5, 5.41) is 2.93. The van der Waals surface area contributed by atoms with E-state index < -0.39 is 11.8 Å². The highest BCUT2D eigenvalue weighted by Crippen LogP contribution is 2.16. The molecule has 2 rings (SSSR count). The Bertz CT molecular complexity index is 424. The molecule has 0 aromatic heterocycles. The number of hydrogen-bond donors (Lipinski definition) is 2. The summed E-state index contributed by atoms with van der Waals surface area (Å²) in [6, 6.07) is 0.375. The normalized spacial score (nSPS) is 25.7. The molecule has 0 unspecified atom stereocenters. The molecule has 0 bridgehead atoms. The molecule has 1 aliphatic heterocycles. The molecule has 126 valence electrons. The minimum Gasteiger partial charge on any atom is -0.352 e. The van der Waals surface area contributed by atoms with E-state index in [1.165, 1.54) is 9.80 Å². The Morgan fingerprint density at radius 2 is 1.68 bits per heavy atom. The topological polar surface area (TPSA) is 95.7 Å². The number of hydrogen-bond acceptors (Lipinski definition) is 4. The van der Waals surface area contributed by atoms with Gasteiger partial charge in [0.2, 0.25) is 5.91 Å². The van der Waals surface area contributed by atoms with Gasteiger partial charge in [0.25, 0.3) is 0 Å². The minimum absolute atomic E-state index is 0. The molecule has 0 spiro atoms. The van der Waals surface area contributed by atoms with Crippen LogP contribution in [0.1, 0.15) is 32.6 Å². The zero-order chi connectivity index (χ0) is 15.4. The smallest absolute Gasteiger partial charge is 0.312 e. The number of nitrogens with two attached hydrogens (primary N) is 1. The number of rotatable bonds is 4. The Kier molecular flexibility index (Phi) is 7.09. The van der Waals surface area contributed by atoms with Crippen LogP contribution in [0, 0.1) is 0 Å². The van der Waals surface area contributed by atoms with Crippen molar-refractivity contribution < 1.29 is 14.4 Å². The lowest BCUT2D eigenvalue weighted by Gasteiger charge is -2.33. The zero-order valence-corrected chi connectivity index (χ0v) is 13.7. The Morgan fingerprint density at radius 1 is 1.14 bits per heavy atom. The van der Waals surface area contributed by atoms with Crippen LogP contribution in [0.3, 0.4) is 0 Å². The van der Waals surface area contributed by atoms with Crippen molar-refractivity contribution in [2.75, 3.05) is 26.2 Å². The van der Waals surface area contributed by atoms with Crippen LogP contribution in [0.15, 0.2) is 0 Å². The Balaban J connectivity index is 0.00000242. The van der Waals surface area contributed by atoms with E-state index >= 15 is 0 Å². The number of amides is 3. The molecular formula is C14H25ClN4O3. The summed E-state index contributed by atoms with van der Waals surface area (Å²) in [4.78, 5) is 38.5. The summed E-state index contributed by atoms with van der Waals surface area (Å²) >= 11 is 0. The largest absolute Gasteiger partial charge is 0.352 e. The molecule has 8 heteroatoms. The molecule has 1 heterocycles. The summed E-state index contributed by atoms with van der Waals surface area (Å²) in [5.41, 5.74) is 5.83. The number of likely N-dealkylation sites (N-methyl/N-ethyl adjacent to an activating group) is 1. The van der Waals surface area contributed by atoms with Gasteiger partial charge in [0.1, 0.15) is 6.54 Å². The van der Waals surface area contributed by atoms with Crippen LogP contribution < -0.4 is 11.1 Å². The van der Waals surface area contributed by atoms with Gasteiger partial charge in [0.05, 0.1) is 0 Å². The molecule has 2 aliphatic rings. The second-order valence-electron chi connectivity index (χ2n) is 5.79. The van der Waals surface area contributed by atoms with Gasteiger partial charge in [-0.2, -0.15) is 0 Å². The molecule has 7 nitrogen and oxygen atoms in total. The highest BCUT2D eigenvalue weighted by Gasteiger charge is 2.32. The minimum atomic E-state index is -0.580. The van der Waals surface area contributed by atoms with Gasteiger partial charge < -0.3 is 20.9 Å². The van der Waals surface area contributed by atoms with Crippen LogP contribution in [0.2, 0.25) is 0 Å². The van der Waals surface area contributed by atoms with Crippen molar-refractivity contribution in [1.82, 2.24) is 15.1 Å². The van der Waals surface area contributed by atoms with E-state index in [0.29, 0.717) is 19.6 Å². The van der Waals surface area contributed by atoms with Gasteiger partial charge >= 0.3 is 11.8 Å². The standard InChI is InChI=1S/C14H24N4O3.ClH/c1-2-17-7-8-18(14(21)13(17)20)9-12(19)16-11-5-3-10(15)4-6-11;/h10-11H,2-9,15H2,1H3,(H,16,19);1H. The van der Waals surface area contributed by atoms with Gasteiger partial charge in [-0.3, -0.25) is 14.4 Å². The Hall–Kier alpha value is -1.34. The molecular weight excluding hydrogens is 308 g/mol. The summed E-state index contributed by atoms with van der Waals surface area (Å²) in [6.45, 7) is 3.23. The van der Waals surface area contributed by atoms with Crippen LogP contribution >= 0.6 is 12.4 Å². The van der Waals surface area contributed by atoms with Gasteiger partial charge in [-0.15, -0.1) is 12.4 Å². The number of carbonyl (C=O) groups is 3.